The molecule has 0 unspecified atom stereocenters. The number of hydrogen-bond donors (Lipinski definition) is 0. The van der Waals surface area contributed by atoms with E-state index in [1.807, 2.05) is 59.6 Å². The van der Waals surface area contributed by atoms with Crippen molar-refractivity contribution in [3.63, 3.8) is 0 Å². The van der Waals surface area contributed by atoms with E-state index >= 15 is 0 Å². The lowest BCUT2D eigenvalue weighted by Crippen LogP contribution is -2.13. The van der Waals surface area contributed by atoms with Crippen LogP contribution in [0, 0.1) is 0 Å². The number of pyridine rings is 2. The Morgan fingerprint density at radius 3 is 1.27 bits per heavy atom. The first-order chi connectivity index (χ1) is 21.4. The van der Waals surface area contributed by atoms with Crippen molar-refractivity contribution in [1.82, 2.24) is 9.13 Å². The van der Waals surface area contributed by atoms with Gasteiger partial charge in [0.15, 0.2) is 10.9 Å². The summed E-state index contributed by atoms with van der Waals surface area (Å²) in [7, 11) is 3.94. The second-order valence-electron chi connectivity index (χ2n) is 11.5. The fraction of sp³-hybridized carbons (Fsp3) is 0.0526. The molecule has 0 aliphatic heterocycles. The summed E-state index contributed by atoms with van der Waals surface area (Å²) in [5.74, 6) is 0. The van der Waals surface area contributed by atoms with E-state index in [4.69, 9.17) is 0 Å². The maximum atomic E-state index is 14.1. The van der Waals surface area contributed by atoms with Crippen LogP contribution in [0.25, 0.3) is 86.0 Å². The van der Waals surface area contributed by atoms with E-state index in [1.165, 1.54) is 20.2 Å². The van der Waals surface area contributed by atoms with Gasteiger partial charge >= 0.3 is 0 Å². The Bertz CT molecular complexity index is 2600. The van der Waals surface area contributed by atoms with Crippen molar-refractivity contribution in [2.24, 2.45) is 14.1 Å². The lowest BCUT2D eigenvalue weighted by molar-refractivity contribution is 0.994. The van der Waals surface area contributed by atoms with Gasteiger partial charge in [0.1, 0.15) is 0 Å². The van der Waals surface area contributed by atoms with E-state index < -0.39 is 0 Å². The minimum absolute atomic E-state index is 0.0269. The van der Waals surface area contributed by atoms with E-state index in [1.54, 1.807) is 22.7 Å². The van der Waals surface area contributed by atoms with E-state index in [2.05, 4.69) is 71.4 Å². The average molecular weight is 605 g/mol. The molecule has 0 bridgehead atoms. The third kappa shape index (κ3) is 3.62. The zero-order valence-electron chi connectivity index (χ0n) is 23.9. The highest BCUT2D eigenvalue weighted by molar-refractivity contribution is 7.17. The first kappa shape index (κ1) is 25.5. The van der Waals surface area contributed by atoms with Gasteiger partial charge in [-0.1, -0.05) is 36.4 Å². The molecular weight excluding hydrogens is 581 g/mol. The average Bonchev–Trinajstić information content (AvgIpc) is 3.74. The van der Waals surface area contributed by atoms with Gasteiger partial charge in [-0.2, -0.15) is 0 Å². The molecule has 44 heavy (non-hydrogen) atoms. The van der Waals surface area contributed by atoms with Gasteiger partial charge in [-0.15, -0.1) is 22.7 Å². The highest BCUT2D eigenvalue weighted by atomic mass is 32.1. The van der Waals surface area contributed by atoms with Crippen LogP contribution in [0.15, 0.2) is 117 Å². The SMILES string of the molecule is Cn1c2ccc(-c3ccc4ccsc4c3)cc2c(=O)c2cc3c(cc21)c(=O)c1cc(-c2ccc4ccsc4c2)ccc1n3C. The van der Waals surface area contributed by atoms with E-state index in [0.29, 0.717) is 21.5 Å². The number of thiophene rings is 2. The molecule has 0 amide bonds. The summed E-state index contributed by atoms with van der Waals surface area (Å²) >= 11 is 3.44. The molecule has 0 aliphatic rings. The summed E-state index contributed by atoms with van der Waals surface area (Å²) in [6, 6.07) is 33.1. The van der Waals surface area contributed by atoms with Crippen molar-refractivity contribution in [3.05, 3.63) is 128 Å². The van der Waals surface area contributed by atoms with Crippen LogP contribution in [-0.4, -0.2) is 9.13 Å². The molecule has 4 nitrogen and oxygen atoms in total. The third-order valence-electron chi connectivity index (χ3n) is 9.11. The van der Waals surface area contributed by atoms with Crippen molar-refractivity contribution >= 4 is 86.5 Å². The summed E-state index contributed by atoms with van der Waals surface area (Å²) in [5.41, 5.74) is 7.32. The molecule has 210 valence electrons. The Hall–Kier alpha value is -5.04. The summed E-state index contributed by atoms with van der Waals surface area (Å²) in [5, 5.41) is 9.19. The zero-order chi connectivity index (χ0) is 29.7. The predicted octanol–water partition coefficient (Wildman–Crippen LogP) is 9.46. The molecule has 0 saturated carbocycles. The van der Waals surface area contributed by atoms with Crippen LogP contribution < -0.4 is 10.9 Å². The molecule has 4 aromatic heterocycles. The smallest absolute Gasteiger partial charge is 0.197 e. The van der Waals surface area contributed by atoms with Gasteiger partial charge in [-0.25, -0.2) is 0 Å². The van der Waals surface area contributed by atoms with Gasteiger partial charge in [0, 0.05) is 45.0 Å². The number of rotatable bonds is 2. The van der Waals surface area contributed by atoms with Crippen molar-refractivity contribution in [2.75, 3.05) is 0 Å². The summed E-state index contributed by atoms with van der Waals surface area (Å²) in [6.45, 7) is 0. The number of aromatic nitrogens is 2. The molecule has 0 saturated heterocycles. The number of fused-ring (bicyclic) bond motifs is 6. The zero-order valence-corrected chi connectivity index (χ0v) is 25.6. The van der Waals surface area contributed by atoms with Gasteiger partial charge in [-0.05, 0) is 104 Å². The number of aryl methyl sites for hydroxylation is 2. The van der Waals surface area contributed by atoms with Crippen molar-refractivity contribution < 1.29 is 0 Å². The summed E-state index contributed by atoms with van der Waals surface area (Å²) in [6.07, 6.45) is 0. The molecule has 0 fully saturated rings. The number of nitrogens with zero attached hydrogens (tertiary/aromatic N) is 2. The van der Waals surface area contributed by atoms with Crippen LogP contribution in [0.1, 0.15) is 0 Å². The van der Waals surface area contributed by atoms with Gasteiger partial charge in [0.2, 0.25) is 0 Å². The largest absolute Gasteiger partial charge is 0.343 e. The first-order valence-electron chi connectivity index (χ1n) is 14.4. The molecule has 4 heterocycles. The first-order valence-corrected chi connectivity index (χ1v) is 16.2. The van der Waals surface area contributed by atoms with Crippen LogP contribution in [0.2, 0.25) is 0 Å². The molecule has 0 atom stereocenters. The van der Waals surface area contributed by atoms with Crippen LogP contribution in [0.3, 0.4) is 0 Å². The van der Waals surface area contributed by atoms with Crippen molar-refractivity contribution in [1.29, 1.82) is 0 Å². The normalized spacial score (nSPS) is 12.0. The van der Waals surface area contributed by atoms with Crippen LogP contribution in [0.4, 0.5) is 0 Å². The number of benzene rings is 5. The Kier molecular flexibility index (Phi) is 5.34. The Morgan fingerprint density at radius 2 is 0.818 bits per heavy atom. The molecule has 9 aromatic rings. The standard InChI is InChI=1S/C38H24N2O2S2/c1-39-31-9-7-23(25-5-3-21-11-13-43-35(21)17-25)15-27(31)37(41)29-20-34-30(19-33(29)39)38(42)28-16-24(8-10-32(28)40(34)2)26-6-4-22-12-14-44-36(22)18-26/h3-20H,1-2H3. The van der Waals surface area contributed by atoms with Gasteiger partial charge in [0.05, 0.1) is 22.1 Å². The van der Waals surface area contributed by atoms with Gasteiger partial charge < -0.3 is 9.13 Å². The molecule has 0 radical (unpaired) electrons. The summed E-state index contributed by atoms with van der Waals surface area (Å²) in [4.78, 5) is 28.2. The van der Waals surface area contributed by atoms with Gasteiger partial charge in [-0.3, -0.25) is 9.59 Å². The Balaban J connectivity index is 1.27. The Morgan fingerprint density at radius 1 is 0.432 bits per heavy atom. The highest BCUT2D eigenvalue weighted by Crippen LogP contribution is 2.33. The second-order valence-corrected chi connectivity index (χ2v) is 13.4. The maximum absolute atomic E-state index is 14.1. The lowest BCUT2D eigenvalue weighted by Gasteiger charge is -2.16. The van der Waals surface area contributed by atoms with E-state index in [9.17, 15) is 9.59 Å². The van der Waals surface area contributed by atoms with Crippen molar-refractivity contribution in [2.45, 2.75) is 0 Å². The molecule has 9 rings (SSSR count). The van der Waals surface area contributed by atoms with E-state index in [-0.39, 0.29) is 10.9 Å². The Labute approximate surface area is 259 Å². The quantitative estimate of drug-likeness (QED) is 0.185. The van der Waals surface area contributed by atoms with Crippen molar-refractivity contribution in [3.8, 4) is 22.3 Å². The monoisotopic (exact) mass is 604 g/mol. The molecule has 0 aliphatic carbocycles. The number of hydrogen-bond acceptors (Lipinski definition) is 4. The fourth-order valence-electron chi connectivity index (χ4n) is 6.69. The topological polar surface area (TPSA) is 44.0 Å². The minimum atomic E-state index is -0.0269. The van der Waals surface area contributed by atoms with Crippen LogP contribution in [-0.2, 0) is 14.1 Å². The second kappa shape index (κ2) is 9.23. The minimum Gasteiger partial charge on any atom is -0.343 e. The fourth-order valence-corrected chi connectivity index (χ4v) is 8.35. The molecule has 6 heteroatoms. The molecular formula is C38H24N2O2S2. The maximum Gasteiger partial charge on any atom is 0.197 e. The third-order valence-corrected chi connectivity index (χ3v) is 10.9. The molecule has 0 spiro atoms. The van der Waals surface area contributed by atoms with E-state index in [0.717, 1.165) is 44.3 Å². The van der Waals surface area contributed by atoms with Crippen LogP contribution >= 0.6 is 22.7 Å². The highest BCUT2D eigenvalue weighted by Gasteiger charge is 2.16. The van der Waals surface area contributed by atoms with Crippen LogP contribution in [0.5, 0.6) is 0 Å². The van der Waals surface area contributed by atoms with Gasteiger partial charge in [0.25, 0.3) is 0 Å². The molecule has 0 N–H and O–H groups in total. The lowest BCUT2D eigenvalue weighted by atomic mass is 9.99. The predicted molar refractivity (Wildman–Crippen MR) is 189 cm³/mol. The molecule has 5 aromatic carbocycles. The summed E-state index contributed by atoms with van der Waals surface area (Å²) < 4.78 is 6.52.